The molecule has 1 aromatic heterocycles. The SMILES string of the molecule is CCc1ccc(C(N)c2c(F)cc(Br)cc2F)o1. The Balaban J connectivity index is 2.42. The fraction of sp³-hybridized carbons (Fsp3) is 0.231. The number of halogens is 3. The van der Waals surface area contributed by atoms with Crippen LogP contribution in [-0.2, 0) is 6.42 Å². The van der Waals surface area contributed by atoms with Gasteiger partial charge >= 0.3 is 0 Å². The van der Waals surface area contributed by atoms with Crippen molar-refractivity contribution < 1.29 is 13.2 Å². The lowest BCUT2D eigenvalue weighted by atomic mass is 10.0. The number of nitrogens with two attached hydrogens (primary N) is 1. The highest BCUT2D eigenvalue weighted by atomic mass is 79.9. The van der Waals surface area contributed by atoms with Gasteiger partial charge in [-0.15, -0.1) is 0 Å². The van der Waals surface area contributed by atoms with Crippen LogP contribution in [0.5, 0.6) is 0 Å². The zero-order valence-electron chi connectivity index (χ0n) is 9.71. The summed E-state index contributed by atoms with van der Waals surface area (Å²) in [6, 6.07) is 4.82. The molecule has 0 aliphatic heterocycles. The van der Waals surface area contributed by atoms with Crippen molar-refractivity contribution in [2.24, 2.45) is 5.73 Å². The van der Waals surface area contributed by atoms with Gasteiger partial charge in [0.05, 0.1) is 6.04 Å². The molecule has 1 unspecified atom stereocenters. The molecule has 2 rings (SSSR count). The maximum atomic E-state index is 13.7. The molecule has 0 fully saturated rings. The molecule has 2 nitrogen and oxygen atoms in total. The minimum Gasteiger partial charge on any atom is -0.464 e. The Hall–Kier alpha value is -1.20. The molecule has 0 radical (unpaired) electrons. The second kappa shape index (κ2) is 5.20. The van der Waals surface area contributed by atoms with Crippen LogP contribution < -0.4 is 5.73 Å². The second-order valence-electron chi connectivity index (χ2n) is 3.92. The van der Waals surface area contributed by atoms with E-state index in [0.29, 0.717) is 16.7 Å². The second-order valence-corrected chi connectivity index (χ2v) is 4.83. The minimum absolute atomic E-state index is 0.185. The van der Waals surface area contributed by atoms with Gasteiger partial charge in [0.1, 0.15) is 23.2 Å². The van der Waals surface area contributed by atoms with E-state index in [2.05, 4.69) is 15.9 Å². The Labute approximate surface area is 112 Å². The van der Waals surface area contributed by atoms with E-state index in [9.17, 15) is 8.78 Å². The Morgan fingerprint density at radius 3 is 2.39 bits per heavy atom. The predicted octanol–water partition coefficient (Wildman–Crippen LogP) is 3.93. The standard InChI is InChI=1S/C13H12BrF2NO/c1-2-8-3-4-11(18-8)13(17)12-9(15)5-7(14)6-10(12)16/h3-6,13H,2,17H2,1H3. The van der Waals surface area contributed by atoms with Gasteiger partial charge in [0.2, 0.25) is 0 Å². The fourth-order valence-corrected chi connectivity index (χ4v) is 2.15. The van der Waals surface area contributed by atoms with Crippen LogP contribution in [0, 0.1) is 11.6 Å². The normalized spacial score (nSPS) is 12.7. The topological polar surface area (TPSA) is 39.2 Å². The van der Waals surface area contributed by atoms with Gasteiger partial charge in [0, 0.05) is 16.5 Å². The summed E-state index contributed by atoms with van der Waals surface area (Å²) in [4.78, 5) is 0. The lowest BCUT2D eigenvalue weighted by Crippen LogP contribution is -2.15. The molecule has 0 aliphatic carbocycles. The van der Waals surface area contributed by atoms with Crippen molar-refractivity contribution in [2.75, 3.05) is 0 Å². The van der Waals surface area contributed by atoms with Crippen LogP contribution >= 0.6 is 15.9 Å². The van der Waals surface area contributed by atoms with Crippen LogP contribution in [0.3, 0.4) is 0 Å². The van der Waals surface area contributed by atoms with E-state index in [1.54, 1.807) is 12.1 Å². The third-order valence-electron chi connectivity index (χ3n) is 2.69. The number of hydrogen-bond acceptors (Lipinski definition) is 2. The largest absolute Gasteiger partial charge is 0.464 e. The molecule has 2 aromatic rings. The highest BCUT2D eigenvalue weighted by Crippen LogP contribution is 2.28. The highest BCUT2D eigenvalue weighted by Gasteiger charge is 2.21. The number of rotatable bonds is 3. The van der Waals surface area contributed by atoms with Crippen molar-refractivity contribution in [3.63, 3.8) is 0 Å². The van der Waals surface area contributed by atoms with Crippen molar-refractivity contribution in [1.82, 2.24) is 0 Å². The Bertz CT molecular complexity index is 545. The summed E-state index contributed by atoms with van der Waals surface area (Å²) in [5, 5.41) is 0. The lowest BCUT2D eigenvalue weighted by Gasteiger charge is -2.12. The number of furan rings is 1. The maximum absolute atomic E-state index is 13.7. The van der Waals surface area contributed by atoms with Crippen LogP contribution in [0.25, 0.3) is 0 Å². The van der Waals surface area contributed by atoms with Crippen molar-refractivity contribution in [1.29, 1.82) is 0 Å². The Kier molecular flexibility index (Phi) is 3.82. The smallest absolute Gasteiger partial charge is 0.132 e. The summed E-state index contributed by atoms with van der Waals surface area (Å²) in [5.41, 5.74) is 5.66. The molecule has 0 aliphatic rings. The van der Waals surface area contributed by atoms with E-state index in [4.69, 9.17) is 10.2 Å². The van der Waals surface area contributed by atoms with Crippen molar-refractivity contribution in [3.05, 3.63) is 57.5 Å². The van der Waals surface area contributed by atoms with Crippen LogP contribution in [0.4, 0.5) is 8.78 Å². The van der Waals surface area contributed by atoms with Gasteiger partial charge in [-0.2, -0.15) is 0 Å². The van der Waals surface area contributed by atoms with Crippen LogP contribution in [0.2, 0.25) is 0 Å². The van der Waals surface area contributed by atoms with E-state index in [-0.39, 0.29) is 5.56 Å². The summed E-state index contributed by atoms with van der Waals surface area (Å²) in [6.07, 6.45) is 0.706. The average molecular weight is 316 g/mol. The van der Waals surface area contributed by atoms with E-state index in [1.807, 2.05) is 6.92 Å². The van der Waals surface area contributed by atoms with E-state index in [0.717, 1.165) is 5.76 Å². The number of benzene rings is 1. The highest BCUT2D eigenvalue weighted by molar-refractivity contribution is 9.10. The van der Waals surface area contributed by atoms with Gasteiger partial charge in [-0.1, -0.05) is 22.9 Å². The monoisotopic (exact) mass is 315 g/mol. The molecule has 0 spiro atoms. The first kappa shape index (κ1) is 13.2. The molecule has 1 heterocycles. The van der Waals surface area contributed by atoms with E-state index in [1.165, 1.54) is 12.1 Å². The summed E-state index contributed by atoms with van der Waals surface area (Å²) < 4.78 is 33.2. The molecule has 0 saturated carbocycles. The fourth-order valence-electron chi connectivity index (χ4n) is 1.74. The molecular weight excluding hydrogens is 304 g/mol. The van der Waals surface area contributed by atoms with Crippen LogP contribution in [0.1, 0.15) is 30.0 Å². The van der Waals surface area contributed by atoms with Crippen molar-refractivity contribution >= 4 is 15.9 Å². The summed E-state index contributed by atoms with van der Waals surface area (Å²) in [5.74, 6) is -0.294. The molecule has 5 heteroatoms. The molecule has 1 atom stereocenters. The first-order chi connectivity index (χ1) is 8.52. The summed E-state index contributed by atoms with van der Waals surface area (Å²) in [6.45, 7) is 1.93. The van der Waals surface area contributed by atoms with Gasteiger partial charge in [-0.3, -0.25) is 0 Å². The zero-order chi connectivity index (χ0) is 13.3. The first-order valence-electron chi connectivity index (χ1n) is 5.51. The Morgan fingerprint density at radius 2 is 1.89 bits per heavy atom. The van der Waals surface area contributed by atoms with Crippen molar-refractivity contribution in [3.8, 4) is 0 Å². The van der Waals surface area contributed by atoms with Gasteiger partial charge in [-0.25, -0.2) is 8.78 Å². The molecular formula is C13H12BrF2NO. The zero-order valence-corrected chi connectivity index (χ0v) is 11.3. The van der Waals surface area contributed by atoms with Gasteiger partial charge in [0.15, 0.2) is 0 Å². The average Bonchev–Trinajstić information content (AvgIpc) is 2.75. The third kappa shape index (κ3) is 2.47. The quantitative estimate of drug-likeness (QED) is 0.932. The molecule has 1 aromatic carbocycles. The molecule has 0 saturated heterocycles. The summed E-state index contributed by atoms with van der Waals surface area (Å²) >= 11 is 3.02. The molecule has 2 N–H and O–H groups in total. The number of hydrogen-bond donors (Lipinski definition) is 1. The molecule has 96 valence electrons. The Morgan fingerprint density at radius 1 is 1.28 bits per heavy atom. The van der Waals surface area contributed by atoms with E-state index < -0.39 is 17.7 Å². The molecule has 0 bridgehead atoms. The van der Waals surface area contributed by atoms with Gasteiger partial charge in [-0.05, 0) is 24.3 Å². The predicted molar refractivity (Wildman–Crippen MR) is 68.2 cm³/mol. The third-order valence-corrected chi connectivity index (χ3v) is 3.15. The molecule has 18 heavy (non-hydrogen) atoms. The first-order valence-corrected chi connectivity index (χ1v) is 6.30. The van der Waals surface area contributed by atoms with E-state index >= 15 is 0 Å². The maximum Gasteiger partial charge on any atom is 0.132 e. The van der Waals surface area contributed by atoms with Crippen molar-refractivity contribution in [2.45, 2.75) is 19.4 Å². The van der Waals surface area contributed by atoms with Gasteiger partial charge in [0.25, 0.3) is 0 Å². The summed E-state index contributed by atoms with van der Waals surface area (Å²) in [7, 11) is 0. The van der Waals surface area contributed by atoms with Crippen LogP contribution in [0.15, 0.2) is 33.2 Å². The molecule has 0 amide bonds. The minimum atomic E-state index is -0.946. The van der Waals surface area contributed by atoms with Crippen LogP contribution in [-0.4, -0.2) is 0 Å². The number of aryl methyl sites for hydroxylation is 1. The lowest BCUT2D eigenvalue weighted by molar-refractivity contribution is 0.439. The van der Waals surface area contributed by atoms with Gasteiger partial charge < -0.3 is 10.2 Å².